The molecule has 2 rings (SSSR count). The van der Waals surface area contributed by atoms with Crippen LogP contribution in [0.2, 0.25) is 0 Å². The fourth-order valence-electron chi connectivity index (χ4n) is 2.50. The summed E-state index contributed by atoms with van der Waals surface area (Å²) in [6.07, 6.45) is -0.0779. The van der Waals surface area contributed by atoms with Gasteiger partial charge >= 0.3 is 12.1 Å². The average molecular weight is 414 g/mol. The van der Waals surface area contributed by atoms with Crippen LogP contribution in [0.4, 0.5) is 4.79 Å². The van der Waals surface area contributed by atoms with Gasteiger partial charge in [-0.25, -0.2) is 9.59 Å². The standard InChI is InChI=1S/C21H26N4O5/c22-12-4-7-18(24-21(28)29-14-16-5-2-1-3-6-16)20(27)30-25-19(26)17-10-8-15(13-23)9-11-17/h1-3,5-6,8-11,18H,4,7,12-14,22-23H2,(H,24,28)(H,25,26)/t18-/m0/s1. The van der Waals surface area contributed by atoms with Gasteiger partial charge in [0.2, 0.25) is 0 Å². The van der Waals surface area contributed by atoms with Crippen LogP contribution in [0.15, 0.2) is 54.6 Å². The molecule has 0 fully saturated rings. The summed E-state index contributed by atoms with van der Waals surface area (Å²) in [7, 11) is 0. The van der Waals surface area contributed by atoms with Crippen LogP contribution in [0.3, 0.4) is 0 Å². The Morgan fingerprint density at radius 2 is 1.63 bits per heavy atom. The van der Waals surface area contributed by atoms with Gasteiger partial charge in [-0.15, -0.1) is 0 Å². The van der Waals surface area contributed by atoms with Crippen molar-refractivity contribution in [3.8, 4) is 0 Å². The number of amides is 2. The van der Waals surface area contributed by atoms with Crippen LogP contribution in [0.5, 0.6) is 0 Å². The number of carbonyl (C=O) groups excluding carboxylic acids is 3. The SMILES string of the molecule is NCCC[C@H](NC(=O)OCc1ccccc1)C(=O)ONC(=O)c1ccc(CN)cc1. The zero-order valence-electron chi connectivity index (χ0n) is 16.5. The Kier molecular flexibility index (Phi) is 9.29. The molecule has 9 nitrogen and oxygen atoms in total. The molecule has 160 valence electrons. The van der Waals surface area contributed by atoms with Crippen molar-refractivity contribution in [1.82, 2.24) is 10.8 Å². The molecule has 2 aromatic carbocycles. The minimum Gasteiger partial charge on any atom is -0.445 e. The van der Waals surface area contributed by atoms with E-state index in [0.29, 0.717) is 25.1 Å². The summed E-state index contributed by atoms with van der Waals surface area (Å²) in [4.78, 5) is 41.4. The van der Waals surface area contributed by atoms with Crippen LogP contribution in [-0.4, -0.2) is 30.6 Å². The minimum atomic E-state index is -1.02. The lowest BCUT2D eigenvalue weighted by Gasteiger charge is -2.17. The maximum absolute atomic E-state index is 12.3. The lowest BCUT2D eigenvalue weighted by Crippen LogP contribution is -2.44. The fourth-order valence-corrected chi connectivity index (χ4v) is 2.50. The van der Waals surface area contributed by atoms with Crippen molar-refractivity contribution in [2.45, 2.75) is 32.0 Å². The van der Waals surface area contributed by atoms with Gasteiger partial charge in [0.15, 0.2) is 0 Å². The molecule has 2 aromatic rings. The van der Waals surface area contributed by atoms with Gasteiger partial charge in [0.25, 0.3) is 5.91 Å². The van der Waals surface area contributed by atoms with E-state index < -0.39 is 24.0 Å². The lowest BCUT2D eigenvalue weighted by molar-refractivity contribution is -0.151. The van der Waals surface area contributed by atoms with Crippen LogP contribution in [0, 0.1) is 0 Å². The highest BCUT2D eigenvalue weighted by Crippen LogP contribution is 2.05. The molecule has 9 heteroatoms. The summed E-state index contributed by atoms with van der Waals surface area (Å²) in [5.74, 6) is -1.43. The van der Waals surface area contributed by atoms with Crippen LogP contribution in [-0.2, 0) is 27.5 Å². The van der Waals surface area contributed by atoms with E-state index >= 15 is 0 Å². The average Bonchev–Trinajstić information content (AvgIpc) is 2.79. The maximum atomic E-state index is 12.3. The predicted octanol–water partition coefficient (Wildman–Crippen LogP) is 1.37. The second kappa shape index (κ2) is 12.2. The maximum Gasteiger partial charge on any atom is 0.408 e. The Morgan fingerprint density at radius 1 is 0.933 bits per heavy atom. The van der Waals surface area contributed by atoms with E-state index in [1.54, 1.807) is 24.3 Å². The van der Waals surface area contributed by atoms with Crippen molar-refractivity contribution in [3.63, 3.8) is 0 Å². The van der Waals surface area contributed by atoms with Crippen molar-refractivity contribution < 1.29 is 24.0 Å². The van der Waals surface area contributed by atoms with Gasteiger partial charge < -0.3 is 26.4 Å². The zero-order chi connectivity index (χ0) is 21.8. The number of rotatable bonds is 9. The molecule has 0 spiro atoms. The number of nitrogens with two attached hydrogens (primary N) is 2. The Labute approximate surface area is 174 Å². The van der Waals surface area contributed by atoms with Gasteiger partial charge in [0.05, 0.1) is 0 Å². The first kappa shape index (κ1) is 22.9. The number of hydrogen-bond acceptors (Lipinski definition) is 7. The van der Waals surface area contributed by atoms with Crippen molar-refractivity contribution in [1.29, 1.82) is 0 Å². The number of nitrogens with one attached hydrogen (secondary N) is 2. The molecule has 6 N–H and O–H groups in total. The number of carbonyl (C=O) groups is 3. The van der Waals surface area contributed by atoms with E-state index in [4.69, 9.17) is 21.0 Å². The summed E-state index contributed by atoms with van der Waals surface area (Å²) < 4.78 is 5.12. The topological polar surface area (TPSA) is 146 Å². The van der Waals surface area contributed by atoms with Crippen molar-refractivity contribution in [2.75, 3.05) is 6.54 Å². The van der Waals surface area contributed by atoms with Crippen LogP contribution in [0.25, 0.3) is 0 Å². The highest BCUT2D eigenvalue weighted by Gasteiger charge is 2.24. The van der Waals surface area contributed by atoms with Crippen LogP contribution < -0.4 is 22.3 Å². The molecular formula is C21H26N4O5. The summed E-state index contributed by atoms with van der Waals surface area (Å²) in [6, 6.07) is 14.6. The number of ether oxygens (including phenoxy) is 1. The molecule has 0 bridgehead atoms. The number of alkyl carbamates (subject to hydrolysis) is 1. The first-order chi connectivity index (χ1) is 14.5. The second-order valence-corrected chi connectivity index (χ2v) is 6.44. The fraction of sp³-hybridized carbons (Fsp3) is 0.286. The van der Waals surface area contributed by atoms with E-state index in [9.17, 15) is 14.4 Å². The molecule has 0 saturated carbocycles. The molecule has 0 aromatic heterocycles. The molecule has 30 heavy (non-hydrogen) atoms. The molecule has 0 aliphatic carbocycles. The minimum absolute atomic E-state index is 0.0564. The molecule has 0 aliphatic rings. The van der Waals surface area contributed by atoms with Gasteiger partial charge in [-0.1, -0.05) is 42.5 Å². The Balaban J connectivity index is 1.86. The molecule has 0 heterocycles. The third kappa shape index (κ3) is 7.53. The Morgan fingerprint density at radius 3 is 2.27 bits per heavy atom. The van der Waals surface area contributed by atoms with Crippen molar-refractivity contribution in [2.24, 2.45) is 11.5 Å². The molecule has 0 aliphatic heterocycles. The highest BCUT2D eigenvalue weighted by atomic mass is 16.7. The largest absolute Gasteiger partial charge is 0.445 e. The second-order valence-electron chi connectivity index (χ2n) is 6.44. The molecular weight excluding hydrogens is 388 g/mol. The molecule has 0 saturated heterocycles. The zero-order valence-corrected chi connectivity index (χ0v) is 16.5. The summed E-state index contributed by atoms with van der Waals surface area (Å²) >= 11 is 0. The number of benzene rings is 2. The first-order valence-corrected chi connectivity index (χ1v) is 9.50. The quantitative estimate of drug-likeness (QED) is 0.453. The van der Waals surface area contributed by atoms with E-state index in [0.717, 1.165) is 11.1 Å². The smallest absolute Gasteiger partial charge is 0.408 e. The predicted molar refractivity (Wildman–Crippen MR) is 110 cm³/mol. The van der Waals surface area contributed by atoms with Gasteiger partial charge in [-0.3, -0.25) is 4.79 Å². The lowest BCUT2D eigenvalue weighted by atomic mass is 10.1. The van der Waals surface area contributed by atoms with Crippen LogP contribution in [0.1, 0.15) is 34.3 Å². The van der Waals surface area contributed by atoms with E-state index in [2.05, 4.69) is 10.8 Å². The van der Waals surface area contributed by atoms with Crippen molar-refractivity contribution >= 4 is 18.0 Å². The van der Waals surface area contributed by atoms with E-state index in [1.165, 1.54) is 0 Å². The number of hydrogen-bond donors (Lipinski definition) is 4. The summed E-state index contributed by atoms with van der Waals surface area (Å²) in [5, 5.41) is 2.44. The molecule has 2 amide bonds. The summed E-state index contributed by atoms with van der Waals surface area (Å²) in [5.41, 5.74) is 15.1. The first-order valence-electron chi connectivity index (χ1n) is 9.50. The Bertz CT molecular complexity index is 827. The number of hydroxylamine groups is 1. The normalized spacial score (nSPS) is 11.3. The van der Waals surface area contributed by atoms with Gasteiger partial charge in [0, 0.05) is 12.1 Å². The molecule has 0 radical (unpaired) electrons. The van der Waals surface area contributed by atoms with Gasteiger partial charge in [-0.05, 0) is 42.6 Å². The third-order valence-corrected chi connectivity index (χ3v) is 4.18. The Hall–Kier alpha value is -3.43. The molecule has 1 atom stereocenters. The van der Waals surface area contributed by atoms with E-state index in [-0.39, 0.29) is 13.0 Å². The molecule has 0 unspecified atom stereocenters. The summed E-state index contributed by atoms with van der Waals surface area (Å²) in [6.45, 7) is 0.733. The van der Waals surface area contributed by atoms with E-state index in [1.807, 2.05) is 30.3 Å². The van der Waals surface area contributed by atoms with Gasteiger partial charge in [-0.2, -0.15) is 5.48 Å². The van der Waals surface area contributed by atoms with Gasteiger partial charge in [0.1, 0.15) is 12.6 Å². The van der Waals surface area contributed by atoms with Crippen molar-refractivity contribution in [3.05, 3.63) is 71.3 Å². The third-order valence-electron chi connectivity index (χ3n) is 4.18. The van der Waals surface area contributed by atoms with Crippen LogP contribution >= 0.6 is 0 Å². The monoisotopic (exact) mass is 414 g/mol. The highest BCUT2D eigenvalue weighted by molar-refractivity contribution is 5.94.